The van der Waals surface area contributed by atoms with Crippen molar-refractivity contribution in [3.05, 3.63) is 220 Å². The van der Waals surface area contributed by atoms with Crippen molar-refractivity contribution >= 4 is 32.3 Å². The first-order valence-electron chi connectivity index (χ1n) is 21.7. The molecule has 12 aromatic rings. The first kappa shape index (κ1) is 38.5. The van der Waals surface area contributed by atoms with Gasteiger partial charge >= 0.3 is 0 Å². The molecule has 0 saturated heterocycles. The molecule has 8 heterocycles. The number of benzene rings is 4. The van der Waals surface area contributed by atoms with Crippen LogP contribution in [0.15, 0.2) is 220 Å². The Morgan fingerprint density at radius 3 is 0.773 bits per heavy atom. The van der Waals surface area contributed by atoms with E-state index in [1.54, 1.807) is 12.4 Å². The molecule has 0 atom stereocenters. The topological polar surface area (TPSA) is 103 Å². The number of nitrogens with zero attached hydrogens (tertiary/aromatic N) is 8. The molecule has 0 bridgehead atoms. The fourth-order valence-electron chi connectivity index (χ4n) is 8.68. The summed E-state index contributed by atoms with van der Waals surface area (Å²) in [6.07, 6.45) is 18.5. The summed E-state index contributed by atoms with van der Waals surface area (Å²) in [6.45, 7) is 0. The second-order valence-electron chi connectivity index (χ2n) is 16.1. The number of hydrogen-bond donors (Lipinski definition) is 0. The molecule has 308 valence electrons. The van der Waals surface area contributed by atoms with E-state index >= 15 is 0 Å². The minimum atomic E-state index is 0.853. The molecule has 0 aliphatic heterocycles. The van der Waals surface area contributed by atoms with Gasteiger partial charge in [0.25, 0.3) is 0 Å². The molecule has 4 aromatic carbocycles. The van der Waals surface area contributed by atoms with Gasteiger partial charge in [0.05, 0.1) is 34.2 Å². The standard InChI is InChI=1S/C58H36N8/c1-2-8-48-47(7-1)49-17-9-37(39-11-19-55(61-31-39)43-15-23-57(65-35-43)45-13-21-53(63-33-45)41-5-3-25-59-29-41)27-51(49)52-28-38(10-18-50(48)52)40-12-20-56(62-32-40)44-16-24-58(66-36-44)46-14-22-54(64-34-46)42-6-4-26-60-30-42/h1-36H. The first-order valence-corrected chi connectivity index (χ1v) is 21.7. The predicted molar refractivity (Wildman–Crippen MR) is 265 cm³/mol. The summed E-state index contributed by atoms with van der Waals surface area (Å²) in [6, 6.07) is 54.7. The number of hydrogen-bond acceptors (Lipinski definition) is 8. The van der Waals surface area contributed by atoms with E-state index in [1.165, 1.54) is 32.3 Å². The zero-order chi connectivity index (χ0) is 43.8. The molecule has 8 nitrogen and oxygen atoms in total. The van der Waals surface area contributed by atoms with Crippen molar-refractivity contribution < 1.29 is 0 Å². The Kier molecular flexibility index (Phi) is 9.65. The van der Waals surface area contributed by atoms with Gasteiger partial charge in [-0.15, -0.1) is 0 Å². The fourth-order valence-corrected chi connectivity index (χ4v) is 8.68. The summed E-state index contributed by atoms with van der Waals surface area (Å²) in [5.41, 5.74) is 15.2. The van der Waals surface area contributed by atoms with Crippen molar-refractivity contribution in [3.63, 3.8) is 0 Å². The molecule has 12 rings (SSSR count). The quantitative estimate of drug-likeness (QED) is 0.139. The lowest BCUT2D eigenvalue weighted by molar-refractivity contribution is 1.25. The van der Waals surface area contributed by atoms with E-state index in [4.69, 9.17) is 19.9 Å². The van der Waals surface area contributed by atoms with E-state index in [2.05, 4.69) is 117 Å². The van der Waals surface area contributed by atoms with Gasteiger partial charge in [0.2, 0.25) is 0 Å². The first-order chi connectivity index (χ1) is 32.7. The normalized spacial score (nSPS) is 11.3. The van der Waals surface area contributed by atoms with Gasteiger partial charge in [0.1, 0.15) is 0 Å². The number of rotatable bonds is 8. The molecule has 8 aromatic heterocycles. The zero-order valence-electron chi connectivity index (χ0n) is 35.4. The van der Waals surface area contributed by atoms with Crippen LogP contribution in [0.3, 0.4) is 0 Å². The molecule has 0 saturated carbocycles. The second-order valence-corrected chi connectivity index (χ2v) is 16.1. The van der Waals surface area contributed by atoms with Gasteiger partial charge < -0.3 is 0 Å². The molecule has 66 heavy (non-hydrogen) atoms. The van der Waals surface area contributed by atoms with Crippen molar-refractivity contribution in [1.82, 2.24) is 39.9 Å². The highest BCUT2D eigenvalue weighted by atomic mass is 14.7. The van der Waals surface area contributed by atoms with Crippen LogP contribution in [0.5, 0.6) is 0 Å². The van der Waals surface area contributed by atoms with Crippen LogP contribution >= 0.6 is 0 Å². The van der Waals surface area contributed by atoms with Crippen LogP contribution in [0.2, 0.25) is 0 Å². The molecule has 0 fully saturated rings. The van der Waals surface area contributed by atoms with Crippen molar-refractivity contribution in [2.75, 3.05) is 0 Å². The van der Waals surface area contributed by atoms with E-state index in [9.17, 15) is 0 Å². The summed E-state index contributed by atoms with van der Waals surface area (Å²) >= 11 is 0. The minimum Gasteiger partial charge on any atom is -0.264 e. The molecule has 0 unspecified atom stereocenters. The van der Waals surface area contributed by atoms with Gasteiger partial charge in [-0.05, 0) is 141 Å². The Labute approximate surface area is 380 Å². The Morgan fingerprint density at radius 2 is 0.485 bits per heavy atom. The SMILES string of the molecule is c1cncc(-c2ccc(-c3ccc(-c4ccc(-c5ccc6c7ccccc7c7ccc(-c8ccc(-c9ccc(-c%10ccc(-c%11cccnc%11)nc%10)nc9)nc8)cc7c6c5)cn4)cn3)cn2)c1. The zero-order valence-corrected chi connectivity index (χ0v) is 35.4. The van der Waals surface area contributed by atoms with Crippen molar-refractivity contribution in [2.45, 2.75) is 0 Å². The highest BCUT2D eigenvalue weighted by molar-refractivity contribution is 6.26. The number of pyridine rings is 8. The van der Waals surface area contributed by atoms with Crippen molar-refractivity contribution in [1.29, 1.82) is 0 Å². The lowest BCUT2D eigenvalue weighted by Gasteiger charge is -2.14. The minimum absolute atomic E-state index is 0.853. The Balaban J connectivity index is 0.809. The average Bonchev–Trinajstić information content (AvgIpc) is 3.41. The van der Waals surface area contributed by atoms with Gasteiger partial charge in [0.15, 0.2) is 0 Å². The van der Waals surface area contributed by atoms with Crippen LogP contribution in [0.25, 0.3) is 122 Å². The summed E-state index contributed by atoms with van der Waals surface area (Å²) < 4.78 is 0. The molecule has 0 aliphatic carbocycles. The van der Waals surface area contributed by atoms with Crippen molar-refractivity contribution in [3.8, 4) is 89.8 Å². The smallest absolute Gasteiger partial charge is 0.0717 e. The average molecular weight is 845 g/mol. The maximum atomic E-state index is 4.91. The third kappa shape index (κ3) is 7.28. The third-order valence-corrected chi connectivity index (χ3v) is 12.2. The van der Waals surface area contributed by atoms with E-state index in [-0.39, 0.29) is 0 Å². The van der Waals surface area contributed by atoms with Gasteiger partial charge in [-0.25, -0.2) is 0 Å². The van der Waals surface area contributed by atoms with Gasteiger partial charge in [-0.3, -0.25) is 39.9 Å². The molecule has 0 spiro atoms. The number of aromatic nitrogens is 8. The Morgan fingerprint density at radius 1 is 0.197 bits per heavy atom. The van der Waals surface area contributed by atoms with Crippen LogP contribution in [-0.4, -0.2) is 39.9 Å². The monoisotopic (exact) mass is 844 g/mol. The van der Waals surface area contributed by atoms with Crippen LogP contribution in [0.1, 0.15) is 0 Å². The molecule has 8 heteroatoms. The van der Waals surface area contributed by atoms with Gasteiger partial charge in [-0.1, -0.05) is 60.7 Å². The van der Waals surface area contributed by atoms with Crippen LogP contribution in [-0.2, 0) is 0 Å². The summed E-state index contributed by atoms with van der Waals surface area (Å²) in [7, 11) is 0. The van der Waals surface area contributed by atoms with E-state index in [1.807, 2.05) is 110 Å². The van der Waals surface area contributed by atoms with Gasteiger partial charge in [-0.2, -0.15) is 0 Å². The maximum absolute atomic E-state index is 4.91. The molecule has 0 radical (unpaired) electrons. The molecular weight excluding hydrogens is 809 g/mol. The van der Waals surface area contributed by atoms with Crippen LogP contribution in [0, 0.1) is 0 Å². The largest absolute Gasteiger partial charge is 0.264 e. The summed E-state index contributed by atoms with van der Waals surface area (Å²) in [4.78, 5) is 37.0. The van der Waals surface area contributed by atoms with E-state index in [0.717, 1.165) is 89.8 Å². The predicted octanol–water partition coefficient (Wildman–Crippen LogP) is 13.6. The van der Waals surface area contributed by atoms with Crippen LogP contribution < -0.4 is 0 Å². The van der Waals surface area contributed by atoms with E-state index in [0.29, 0.717) is 0 Å². The Bertz CT molecular complexity index is 3430. The molecule has 0 N–H and O–H groups in total. The van der Waals surface area contributed by atoms with Crippen molar-refractivity contribution in [2.24, 2.45) is 0 Å². The summed E-state index contributed by atoms with van der Waals surface area (Å²) in [5, 5.41) is 7.25. The molecule has 0 amide bonds. The van der Waals surface area contributed by atoms with E-state index < -0.39 is 0 Å². The second kappa shape index (κ2) is 16.5. The highest BCUT2D eigenvalue weighted by Crippen LogP contribution is 2.39. The highest BCUT2D eigenvalue weighted by Gasteiger charge is 2.14. The Hall–Kier alpha value is -9.14. The fraction of sp³-hybridized carbons (Fsp3) is 0. The third-order valence-electron chi connectivity index (χ3n) is 12.2. The lowest BCUT2D eigenvalue weighted by atomic mass is 9.90. The van der Waals surface area contributed by atoms with Crippen LogP contribution in [0.4, 0.5) is 0 Å². The summed E-state index contributed by atoms with van der Waals surface area (Å²) in [5.74, 6) is 0. The molecule has 0 aliphatic rings. The lowest BCUT2D eigenvalue weighted by Crippen LogP contribution is -1.90. The van der Waals surface area contributed by atoms with Gasteiger partial charge in [0, 0.05) is 106 Å². The number of fused-ring (bicyclic) bond motifs is 6. The molecular formula is C58H36N8. The maximum Gasteiger partial charge on any atom is 0.0717 e.